The van der Waals surface area contributed by atoms with Gasteiger partial charge in [-0.2, -0.15) is 8.42 Å². The maximum Gasteiger partial charge on any atom is 0.408 e. The summed E-state index contributed by atoms with van der Waals surface area (Å²) in [6.45, 7) is 6.72. The van der Waals surface area contributed by atoms with Gasteiger partial charge in [0.2, 0.25) is 0 Å². The van der Waals surface area contributed by atoms with Gasteiger partial charge < -0.3 is 19.5 Å². The lowest BCUT2D eigenvalue weighted by Gasteiger charge is -2.33. The summed E-state index contributed by atoms with van der Waals surface area (Å²) < 4.78 is 49.3. The first-order chi connectivity index (χ1) is 21.3. The Morgan fingerprint density at radius 3 is 1.96 bits per heavy atom. The number of rotatable bonds is 10. The number of ether oxygens (including phenoxy) is 3. The van der Waals surface area contributed by atoms with Gasteiger partial charge in [-0.1, -0.05) is 78.4 Å². The molecule has 5 atom stereocenters. The van der Waals surface area contributed by atoms with Crippen LogP contribution >= 0.6 is 0 Å². The van der Waals surface area contributed by atoms with Gasteiger partial charge in [-0.25, -0.2) is 9.59 Å². The van der Waals surface area contributed by atoms with Gasteiger partial charge in [0.25, 0.3) is 10.1 Å². The Balaban J connectivity index is 1.47. The molecule has 2 aliphatic rings. The maximum atomic E-state index is 14.0. The summed E-state index contributed by atoms with van der Waals surface area (Å²) >= 11 is 0. The van der Waals surface area contributed by atoms with Gasteiger partial charge in [-0.15, -0.1) is 0 Å². The SMILES string of the molecule is Cc1ccc(S(=O)(=O)O[C@H]2C[C@@](NC(=O)OC(C)(C)C)(C(=O)OCc3ccccc3)[C@@H]3[C@@H](C(=O)OCc4ccccc4)[C@@H]32)cc1. The van der Waals surface area contributed by atoms with Crippen LogP contribution in [0.1, 0.15) is 43.9 Å². The summed E-state index contributed by atoms with van der Waals surface area (Å²) in [7, 11) is -4.31. The second-order valence-corrected chi connectivity index (χ2v) is 14.1. The second-order valence-electron chi connectivity index (χ2n) is 12.5. The van der Waals surface area contributed by atoms with Crippen molar-refractivity contribution in [1.29, 1.82) is 0 Å². The highest BCUT2D eigenvalue weighted by Crippen LogP contribution is 2.64. The molecule has 0 unspecified atom stereocenters. The van der Waals surface area contributed by atoms with E-state index in [4.69, 9.17) is 18.4 Å². The fourth-order valence-corrected chi connectivity index (χ4v) is 7.02. The van der Waals surface area contributed by atoms with Crippen molar-refractivity contribution < 1.29 is 41.2 Å². The van der Waals surface area contributed by atoms with E-state index in [1.54, 1.807) is 69.3 Å². The van der Waals surface area contributed by atoms with Crippen LogP contribution in [0, 0.1) is 24.7 Å². The van der Waals surface area contributed by atoms with Crippen molar-refractivity contribution in [2.45, 2.75) is 69.5 Å². The van der Waals surface area contributed by atoms with Gasteiger partial charge in [0.05, 0.1) is 16.9 Å². The van der Waals surface area contributed by atoms with E-state index < -0.39 is 63.1 Å². The van der Waals surface area contributed by atoms with E-state index in [1.165, 1.54) is 12.1 Å². The van der Waals surface area contributed by atoms with Crippen LogP contribution in [0.25, 0.3) is 0 Å². The van der Waals surface area contributed by atoms with Crippen LogP contribution in [0.2, 0.25) is 0 Å². The first-order valence-electron chi connectivity index (χ1n) is 14.7. The molecule has 0 heterocycles. The molecule has 2 saturated carbocycles. The summed E-state index contributed by atoms with van der Waals surface area (Å²) in [5.74, 6) is -4.03. The van der Waals surface area contributed by atoms with Gasteiger partial charge in [-0.3, -0.25) is 8.98 Å². The summed E-state index contributed by atoms with van der Waals surface area (Å²) in [6.07, 6.45) is -2.32. The molecule has 2 aliphatic carbocycles. The zero-order valence-electron chi connectivity index (χ0n) is 25.6. The Kier molecular flexibility index (Phi) is 9.04. The normalized spacial score (nSPS) is 23.8. The van der Waals surface area contributed by atoms with Gasteiger partial charge in [0.1, 0.15) is 24.4 Å². The van der Waals surface area contributed by atoms with Crippen LogP contribution in [-0.4, -0.2) is 43.7 Å². The first-order valence-corrected chi connectivity index (χ1v) is 16.1. The minimum atomic E-state index is -4.31. The number of hydrogen-bond acceptors (Lipinski definition) is 9. The Morgan fingerprint density at radius 1 is 0.844 bits per heavy atom. The third kappa shape index (κ3) is 7.37. The summed E-state index contributed by atoms with van der Waals surface area (Å²) in [5, 5.41) is 2.68. The lowest BCUT2D eigenvalue weighted by Crippen LogP contribution is -2.58. The number of esters is 2. The molecule has 5 rings (SSSR count). The van der Waals surface area contributed by atoms with Crippen molar-refractivity contribution in [2.75, 3.05) is 0 Å². The number of benzene rings is 3. The van der Waals surface area contributed by atoms with Crippen LogP contribution in [0.4, 0.5) is 4.79 Å². The minimum absolute atomic E-state index is 0.0201. The Labute approximate surface area is 263 Å². The molecule has 0 aromatic heterocycles. The number of nitrogens with one attached hydrogen (secondary N) is 1. The highest BCUT2D eigenvalue weighted by atomic mass is 32.2. The third-order valence-corrected chi connectivity index (χ3v) is 9.30. The average molecular weight is 636 g/mol. The molecule has 0 aliphatic heterocycles. The predicted octanol–water partition coefficient (Wildman–Crippen LogP) is 5.09. The minimum Gasteiger partial charge on any atom is -0.461 e. The third-order valence-electron chi connectivity index (χ3n) is 7.95. The molecule has 3 aromatic carbocycles. The first kappa shape index (κ1) is 32.2. The Morgan fingerprint density at radius 2 is 1.40 bits per heavy atom. The molecule has 238 valence electrons. The van der Waals surface area contributed by atoms with Gasteiger partial charge in [0.15, 0.2) is 0 Å². The molecule has 0 bridgehead atoms. The predicted molar refractivity (Wildman–Crippen MR) is 163 cm³/mol. The molecular weight excluding hydrogens is 598 g/mol. The lowest BCUT2D eigenvalue weighted by molar-refractivity contribution is -0.156. The number of hydrogen-bond donors (Lipinski definition) is 1. The smallest absolute Gasteiger partial charge is 0.408 e. The standard InChI is InChI=1S/C34H37NO9S/c1-22-15-17-25(18-16-22)45(39,40)44-26-19-34(35-32(38)43-33(2,3)4,31(37)42-21-24-13-9-6-10-14-24)29-27(26)28(29)30(36)41-20-23-11-7-5-8-12-23/h5-18,26-29H,19-21H2,1-4H3,(H,35,38)/t26-,27-,28-,29-,34-/m0/s1. The number of aryl methyl sites for hydroxylation is 1. The van der Waals surface area contributed by atoms with E-state index in [-0.39, 0.29) is 24.5 Å². The van der Waals surface area contributed by atoms with Crippen LogP contribution < -0.4 is 5.32 Å². The lowest BCUT2D eigenvalue weighted by atomic mass is 9.89. The Hall–Kier alpha value is -4.22. The van der Waals surface area contributed by atoms with Gasteiger partial charge in [-0.05, 0) is 51.0 Å². The fourth-order valence-electron chi connectivity index (χ4n) is 5.91. The van der Waals surface area contributed by atoms with Crippen molar-refractivity contribution in [2.24, 2.45) is 17.8 Å². The monoisotopic (exact) mass is 635 g/mol. The Bertz CT molecular complexity index is 1640. The molecule has 2 fully saturated rings. The van der Waals surface area contributed by atoms with Crippen LogP contribution in [0.15, 0.2) is 89.8 Å². The summed E-state index contributed by atoms with van der Waals surface area (Å²) in [6, 6.07) is 24.2. The summed E-state index contributed by atoms with van der Waals surface area (Å²) in [5.41, 5.74) is -0.408. The molecule has 0 spiro atoms. The van der Waals surface area contributed by atoms with E-state index in [2.05, 4.69) is 5.32 Å². The maximum absolute atomic E-state index is 14.0. The van der Waals surface area contributed by atoms with Crippen molar-refractivity contribution in [3.05, 3.63) is 102 Å². The van der Waals surface area contributed by atoms with E-state index in [0.717, 1.165) is 11.1 Å². The molecule has 1 amide bonds. The second kappa shape index (κ2) is 12.6. The van der Waals surface area contributed by atoms with Crippen molar-refractivity contribution in [3.63, 3.8) is 0 Å². The van der Waals surface area contributed by atoms with Crippen LogP contribution in [0.3, 0.4) is 0 Å². The number of carbonyl (C=O) groups excluding carboxylic acids is 3. The quantitative estimate of drug-likeness (QED) is 0.184. The largest absolute Gasteiger partial charge is 0.461 e. The van der Waals surface area contributed by atoms with E-state index in [1.807, 2.05) is 31.2 Å². The van der Waals surface area contributed by atoms with Crippen LogP contribution in [-0.2, 0) is 51.3 Å². The number of fused-ring (bicyclic) bond motifs is 1. The molecule has 1 N–H and O–H groups in total. The van der Waals surface area contributed by atoms with E-state index in [0.29, 0.717) is 5.56 Å². The van der Waals surface area contributed by atoms with E-state index >= 15 is 0 Å². The van der Waals surface area contributed by atoms with Crippen molar-refractivity contribution >= 4 is 28.1 Å². The highest BCUT2D eigenvalue weighted by Gasteiger charge is 2.77. The zero-order valence-corrected chi connectivity index (χ0v) is 26.4. The number of alkyl carbamates (subject to hydrolysis) is 1. The van der Waals surface area contributed by atoms with Crippen LogP contribution in [0.5, 0.6) is 0 Å². The topological polar surface area (TPSA) is 134 Å². The molecular formula is C34H37NO9S. The fraction of sp³-hybridized carbons (Fsp3) is 0.382. The molecule has 0 radical (unpaired) electrons. The van der Waals surface area contributed by atoms with Crippen molar-refractivity contribution in [1.82, 2.24) is 5.32 Å². The highest BCUT2D eigenvalue weighted by molar-refractivity contribution is 7.86. The molecule has 10 nitrogen and oxygen atoms in total. The molecule has 3 aromatic rings. The molecule has 45 heavy (non-hydrogen) atoms. The summed E-state index contributed by atoms with van der Waals surface area (Å²) in [4.78, 5) is 40.6. The number of carbonyl (C=O) groups is 3. The number of amides is 1. The molecule has 0 saturated heterocycles. The zero-order chi connectivity index (χ0) is 32.4. The molecule has 11 heteroatoms. The van der Waals surface area contributed by atoms with Gasteiger partial charge in [0, 0.05) is 18.3 Å². The van der Waals surface area contributed by atoms with E-state index in [9.17, 15) is 22.8 Å². The van der Waals surface area contributed by atoms with Crippen molar-refractivity contribution in [3.8, 4) is 0 Å². The average Bonchev–Trinajstić information content (AvgIpc) is 3.67. The van der Waals surface area contributed by atoms with Gasteiger partial charge >= 0.3 is 18.0 Å².